The van der Waals surface area contributed by atoms with Crippen molar-refractivity contribution in [2.45, 2.75) is 12.8 Å². The number of rotatable bonds is 4. The van der Waals surface area contributed by atoms with Crippen LogP contribution in [0, 0.1) is 11.7 Å². The number of likely N-dealkylation sites (tertiary alicyclic amines) is 1. The number of aromatic amines is 1. The number of benzene rings is 1. The van der Waals surface area contributed by atoms with Gasteiger partial charge in [0.15, 0.2) is 5.90 Å². The van der Waals surface area contributed by atoms with Crippen molar-refractivity contribution in [3.05, 3.63) is 66.2 Å². The van der Waals surface area contributed by atoms with Crippen molar-refractivity contribution >= 4 is 17.9 Å². The number of aromatic nitrogens is 1. The summed E-state index contributed by atoms with van der Waals surface area (Å²) in [5.41, 5.74) is 2.16. The molecule has 2 heterocycles. The molecule has 1 aliphatic rings. The number of methoxy groups -OCH3 is 1. The lowest BCUT2D eigenvalue weighted by molar-refractivity contribution is 0.112. The highest BCUT2D eigenvalue weighted by Crippen LogP contribution is 2.20. The first kappa shape index (κ1) is 20.6. The van der Waals surface area contributed by atoms with Crippen LogP contribution >= 0.6 is 0 Å². The smallest absolute Gasteiger partial charge is 0.192 e. The van der Waals surface area contributed by atoms with Gasteiger partial charge in [-0.1, -0.05) is 6.58 Å². The van der Waals surface area contributed by atoms with Gasteiger partial charge < -0.3 is 14.6 Å². The number of aliphatic imine (C=N–C) groups is 1. The van der Waals surface area contributed by atoms with E-state index < -0.39 is 0 Å². The van der Waals surface area contributed by atoms with Crippen molar-refractivity contribution in [1.29, 1.82) is 0 Å². The Morgan fingerprint density at radius 2 is 2.11 bits per heavy atom. The average Bonchev–Trinajstić information content (AvgIpc) is 3.22. The molecule has 3 rings (SSSR count). The van der Waals surface area contributed by atoms with Gasteiger partial charge in [0.1, 0.15) is 12.1 Å². The first-order valence-corrected chi connectivity index (χ1v) is 8.88. The number of nitrogens with one attached hydrogen (secondary N) is 1. The molecule has 0 aliphatic carbocycles. The number of hydrogen-bond donors (Lipinski definition) is 1. The molecule has 1 aliphatic heterocycles. The lowest BCUT2D eigenvalue weighted by Gasteiger charge is -2.29. The van der Waals surface area contributed by atoms with Gasteiger partial charge in [-0.3, -0.25) is 4.79 Å². The number of ether oxygens (including phenoxy) is 1. The molecule has 0 radical (unpaired) electrons. The van der Waals surface area contributed by atoms with Crippen LogP contribution in [0.25, 0.3) is 5.70 Å². The second-order valence-corrected chi connectivity index (χ2v) is 6.46. The highest BCUT2D eigenvalue weighted by molar-refractivity contribution is 5.84. The molecule has 1 saturated heterocycles. The van der Waals surface area contributed by atoms with Crippen LogP contribution in [-0.4, -0.2) is 49.3 Å². The Kier molecular flexibility index (Phi) is 7.95. The van der Waals surface area contributed by atoms with Gasteiger partial charge in [-0.05, 0) is 62.8 Å². The van der Waals surface area contributed by atoms with Crippen LogP contribution < -0.4 is 0 Å². The highest BCUT2D eigenvalue weighted by Gasteiger charge is 2.23. The second-order valence-electron chi connectivity index (χ2n) is 6.46. The minimum absolute atomic E-state index is 0.319. The molecule has 5 nitrogen and oxygen atoms in total. The van der Waals surface area contributed by atoms with E-state index in [0.29, 0.717) is 17.8 Å². The van der Waals surface area contributed by atoms with Crippen molar-refractivity contribution in [3.8, 4) is 0 Å². The summed E-state index contributed by atoms with van der Waals surface area (Å²) in [5, 5.41) is 0. The SMILES string of the molecule is C=C(N=C(OC)[C@H]1CCCN(C)C1)c1ccc[nH]1.O=Cc1ccc(F)cc1. The number of piperidine rings is 1. The molecule has 0 unspecified atom stereocenters. The van der Waals surface area contributed by atoms with Gasteiger partial charge >= 0.3 is 0 Å². The summed E-state index contributed by atoms with van der Waals surface area (Å²) in [6, 6.07) is 9.28. The second kappa shape index (κ2) is 10.4. The minimum Gasteiger partial charge on any atom is -0.484 e. The lowest BCUT2D eigenvalue weighted by Crippen LogP contribution is -2.36. The summed E-state index contributed by atoms with van der Waals surface area (Å²) in [5.74, 6) is 0.849. The van der Waals surface area contributed by atoms with Crippen LogP contribution in [-0.2, 0) is 4.74 Å². The van der Waals surface area contributed by atoms with Gasteiger partial charge in [-0.25, -0.2) is 9.38 Å². The molecule has 1 aromatic carbocycles. The maximum absolute atomic E-state index is 12.1. The minimum atomic E-state index is -0.319. The fourth-order valence-electron chi connectivity index (χ4n) is 2.92. The monoisotopic (exact) mass is 371 g/mol. The molecular formula is C21H26FN3O2. The summed E-state index contributed by atoms with van der Waals surface area (Å²) in [4.78, 5) is 20.0. The molecule has 2 aromatic rings. The first-order chi connectivity index (χ1) is 13.0. The Bertz CT molecular complexity index is 754. The van der Waals surface area contributed by atoms with E-state index in [1.807, 2.05) is 18.3 Å². The molecule has 0 amide bonds. The summed E-state index contributed by atoms with van der Waals surface area (Å²) < 4.78 is 17.6. The zero-order valence-corrected chi connectivity index (χ0v) is 15.8. The molecule has 27 heavy (non-hydrogen) atoms. The van der Waals surface area contributed by atoms with Crippen molar-refractivity contribution in [2.75, 3.05) is 27.2 Å². The third kappa shape index (κ3) is 6.49. The number of nitrogens with zero attached hydrogens (tertiary/aromatic N) is 2. The summed E-state index contributed by atoms with van der Waals surface area (Å²) in [6.45, 7) is 6.15. The van der Waals surface area contributed by atoms with Crippen molar-refractivity contribution in [3.63, 3.8) is 0 Å². The third-order valence-corrected chi connectivity index (χ3v) is 4.34. The van der Waals surface area contributed by atoms with E-state index in [1.54, 1.807) is 7.11 Å². The van der Waals surface area contributed by atoms with Gasteiger partial charge in [-0.2, -0.15) is 0 Å². The quantitative estimate of drug-likeness (QED) is 0.502. The number of carbonyl (C=O) groups excluding carboxylic acids is 1. The number of halogens is 1. The molecule has 1 atom stereocenters. The topological polar surface area (TPSA) is 57.7 Å². The molecule has 6 heteroatoms. The van der Waals surface area contributed by atoms with Crippen molar-refractivity contribution < 1.29 is 13.9 Å². The molecular weight excluding hydrogens is 345 g/mol. The zero-order valence-electron chi connectivity index (χ0n) is 15.8. The standard InChI is InChI=1S/C14H21N3O.C7H5FO/c1-11(13-7-4-8-15-13)16-14(18-3)12-6-5-9-17(2)10-12;8-7-3-1-6(5-9)2-4-7/h4,7-8,12,15H,1,5-6,9-10H2,2-3H3;1-5H/t12-;/m0./s1. The Morgan fingerprint density at radius 1 is 1.37 bits per heavy atom. The molecule has 144 valence electrons. The summed E-state index contributed by atoms with van der Waals surface area (Å²) in [7, 11) is 3.83. The maximum atomic E-state index is 12.1. The predicted octanol–water partition coefficient (Wildman–Crippen LogP) is 4.01. The normalized spacial score (nSPS) is 17.6. The fourth-order valence-corrected chi connectivity index (χ4v) is 2.92. The van der Waals surface area contributed by atoms with Crippen LogP contribution in [0.2, 0.25) is 0 Å². The maximum Gasteiger partial charge on any atom is 0.192 e. The molecule has 1 fully saturated rings. The molecule has 0 saturated carbocycles. The number of H-pyrrole nitrogens is 1. The third-order valence-electron chi connectivity index (χ3n) is 4.34. The molecule has 0 bridgehead atoms. The van der Waals surface area contributed by atoms with Gasteiger partial charge in [0.2, 0.25) is 0 Å². The molecule has 1 N–H and O–H groups in total. The lowest BCUT2D eigenvalue weighted by atomic mass is 9.98. The van der Waals surface area contributed by atoms with E-state index in [2.05, 4.69) is 28.5 Å². The van der Waals surface area contributed by atoms with Crippen LogP contribution in [0.1, 0.15) is 28.9 Å². The van der Waals surface area contributed by atoms with Crippen LogP contribution in [0.5, 0.6) is 0 Å². The zero-order chi connectivity index (χ0) is 19.6. The average molecular weight is 371 g/mol. The van der Waals surface area contributed by atoms with Gasteiger partial charge in [0.25, 0.3) is 0 Å². The predicted molar refractivity (Wildman–Crippen MR) is 106 cm³/mol. The summed E-state index contributed by atoms with van der Waals surface area (Å²) >= 11 is 0. The largest absolute Gasteiger partial charge is 0.484 e. The number of hydrogen-bond acceptors (Lipinski definition) is 4. The van der Waals surface area contributed by atoms with Gasteiger partial charge in [-0.15, -0.1) is 0 Å². The molecule has 0 spiro atoms. The molecule has 1 aromatic heterocycles. The first-order valence-electron chi connectivity index (χ1n) is 8.88. The summed E-state index contributed by atoms with van der Waals surface area (Å²) in [6.07, 6.45) is 4.88. The van der Waals surface area contributed by atoms with E-state index in [4.69, 9.17) is 4.74 Å². The van der Waals surface area contributed by atoms with E-state index in [0.717, 1.165) is 36.8 Å². The van der Waals surface area contributed by atoms with E-state index >= 15 is 0 Å². The van der Waals surface area contributed by atoms with Gasteiger partial charge in [0, 0.05) is 24.2 Å². The Morgan fingerprint density at radius 3 is 2.67 bits per heavy atom. The Balaban J connectivity index is 0.000000244. The number of aldehydes is 1. The van der Waals surface area contributed by atoms with Crippen LogP contribution in [0.3, 0.4) is 0 Å². The van der Waals surface area contributed by atoms with Crippen molar-refractivity contribution in [1.82, 2.24) is 9.88 Å². The van der Waals surface area contributed by atoms with E-state index in [9.17, 15) is 9.18 Å². The Hall–Kier alpha value is -2.73. The Labute approximate surface area is 159 Å². The van der Waals surface area contributed by atoms with Crippen LogP contribution in [0.4, 0.5) is 4.39 Å². The van der Waals surface area contributed by atoms with Crippen LogP contribution in [0.15, 0.2) is 54.2 Å². The van der Waals surface area contributed by atoms with Crippen molar-refractivity contribution in [2.24, 2.45) is 10.9 Å². The van der Waals surface area contributed by atoms with Gasteiger partial charge in [0.05, 0.1) is 18.5 Å². The van der Waals surface area contributed by atoms with E-state index in [-0.39, 0.29) is 5.82 Å². The number of carbonyl (C=O) groups is 1. The highest BCUT2D eigenvalue weighted by atomic mass is 19.1. The van der Waals surface area contributed by atoms with E-state index in [1.165, 1.54) is 30.7 Å². The fraction of sp³-hybridized carbons (Fsp3) is 0.333.